The molecule has 9 heteroatoms. The Kier molecular flexibility index (Phi) is 4.82. The first-order chi connectivity index (χ1) is 13.3. The molecule has 2 heterocycles. The molecule has 0 bridgehead atoms. The quantitative estimate of drug-likeness (QED) is 0.718. The monoisotopic (exact) mass is 404 g/mol. The van der Waals surface area contributed by atoms with Gasteiger partial charge in [0.05, 0.1) is 18.1 Å². The van der Waals surface area contributed by atoms with Crippen LogP contribution in [0.15, 0.2) is 42.5 Å². The van der Waals surface area contributed by atoms with E-state index in [0.717, 1.165) is 11.1 Å². The van der Waals surface area contributed by atoms with Gasteiger partial charge in [-0.05, 0) is 47.9 Å². The van der Waals surface area contributed by atoms with Crippen molar-refractivity contribution >= 4 is 21.6 Å². The molecule has 2 aliphatic heterocycles. The zero-order valence-corrected chi connectivity index (χ0v) is 16.1. The molecule has 2 aromatic rings. The molecule has 7 nitrogen and oxygen atoms in total. The molecule has 1 saturated heterocycles. The van der Waals surface area contributed by atoms with Crippen molar-refractivity contribution < 1.29 is 17.6 Å². The van der Waals surface area contributed by atoms with Crippen LogP contribution in [0.25, 0.3) is 0 Å². The molecular weight excluding hydrogens is 383 g/mol. The third-order valence-electron chi connectivity index (χ3n) is 5.05. The minimum absolute atomic E-state index is 0.107. The van der Waals surface area contributed by atoms with Gasteiger partial charge in [0, 0.05) is 24.6 Å². The smallest absolute Gasteiger partial charge is 0.252 e. The predicted molar refractivity (Wildman–Crippen MR) is 104 cm³/mol. The lowest BCUT2D eigenvalue weighted by atomic mass is 10.0. The maximum absolute atomic E-state index is 13.4. The van der Waals surface area contributed by atoms with Crippen LogP contribution in [0.1, 0.15) is 33.9 Å². The molecule has 0 radical (unpaired) electrons. The SMILES string of the molecule is CS(=O)(=O)N1CCc2cc(C(=O)NC3CC(c4cccc(F)c4)NN3)ccc21. The fourth-order valence-corrected chi connectivity index (χ4v) is 4.65. The van der Waals surface area contributed by atoms with Gasteiger partial charge < -0.3 is 5.32 Å². The third-order valence-corrected chi connectivity index (χ3v) is 6.23. The number of sulfonamides is 1. The minimum Gasteiger partial charge on any atom is -0.335 e. The van der Waals surface area contributed by atoms with Crippen molar-refractivity contribution in [2.24, 2.45) is 0 Å². The normalized spacial score (nSPS) is 21.6. The fourth-order valence-electron chi connectivity index (χ4n) is 3.69. The second-order valence-electron chi connectivity index (χ2n) is 7.09. The second-order valence-corrected chi connectivity index (χ2v) is 8.99. The van der Waals surface area contributed by atoms with Gasteiger partial charge in [-0.15, -0.1) is 0 Å². The summed E-state index contributed by atoms with van der Waals surface area (Å²) >= 11 is 0. The third kappa shape index (κ3) is 3.73. The number of rotatable bonds is 4. The Labute approximate surface area is 162 Å². The lowest BCUT2D eigenvalue weighted by molar-refractivity contribution is 0.0932. The van der Waals surface area contributed by atoms with Crippen LogP contribution >= 0.6 is 0 Å². The van der Waals surface area contributed by atoms with Gasteiger partial charge >= 0.3 is 0 Å². The zero-order chi connectivity index (χ0) is 19.9. The van der Waals surface area contributed by atoms with Crippen molar-refractivity contribution in [3.8, 4) is 0 Å². The van der Waals surface area contributed by atoms with Gasteiger partial charge in [-0.25, -0.2) is 23.7 Å². The van der Waals surface area contributed by atoms with Crippen LogP contribution in [0, 0.1) is 5.82 Å². The molecule has 1 fully saturated rings. The number of hydrogen-bond acceptors (Lipinski definition) is 5. The summed E-state index contributed by atoms with van der Waals surface area (Å²) < 4.78 is 38.4. The van der Waals surface area contributed by atoms with Crippen LogP contribution < -0.4 is 20.5 Å². The number of amides is 1. The van der Waals surface area contributed by atoms with Crippen molar-refractivity contribution in [1.82, 2.24) is 16.2 Å². The standard InChI is InChI=1S/C19H21FN4O3S/c1-28(26,27)24-8-7-13-9-14(5-6-17(13)24)19(25)21-18-11-16(22-23-18)12-3-2-4-15(20)10-12/h2-6,9-10,16,18,22-23H,7-8,11H2,1H3,(H,21,25). The molecule has 0 saturated carbocycles. The number of carbonyl (C=O) groups is 1. The Hall–Kier alpha value is -2.49. The van der Waals surface area contributed by atoms with Crippen molar-refractivity contribution in [3.63, 3.8) is 0 Å². The minimum atomic E-state index is -3.32. The van der Waals surface area contributed by atoms with E-state index in [2.05, 4.69) is 16.2 Å². The summed E-state index contributed by atoms with van der Waals surface area (Å²) in [6, 6.07) is 11.3. The van der Waals surface area contributed by atoms with E-state index in [1.54, 1.807) is 24.3 Å². The van der Waals surface area contributed by atoms with Gasteiger partial charge in [0.25, 0.3) is 5.91 Å². The van der Waals surface area contributed by atoms with E-state index in [4.69, 9.17) is 0 Å². The van der Waals surface area contributed by atoms with Crippen LogP contribution in [0.3, 0.4) is 0 Å². The molecule has 0 aromatic heterocycles. The highest BCUT2D eigenvalue weighted by Gasteiger charge is 2.29. The highest BCUT2D eigenvalue weighted by molar-refractivity contribution is 7.92. The zero-order valence-electron chi connectivity index (χ0n) is 15.3. The number of anilines is 1. The number of nitrogens with zero attached hydrogens (tertiary/aromatic N) is 1. The summed E-state index contributed by atoms with van der Waals surface area (Å²) in [7, 11) is -3.32. The molecule has 0 spiro atoms. The van der Waals surface area contributed by atoms with E-state index in [0.29, 0.717) is 30.6 Å². The summed E-state index contributed by atoms with van der Waals surface area (Å²) in [4.78, 5) is 12.6. The molecule has 4 rings (SSSR count). The van der Waals surface area contributed by atoms with Crippen LogP contribution in [0.5, 0.6) is 0 Å². The molecule has 1 amide bonds. The molecule has 2 atom stereocenters. The number of halogens is 1. The average molecular weight is 404 g/mol. The van der Waals surface area contributed by atoms with E-state index in [9.17, 15) is 17.6 Å². The largest absolute Gasteiger partial charge is 0.335 e. The van der Waals surface area contributed by atoms with Crippen LogP contribution in [0.2, 0.25) is 0 Å². The summed E-state index contributed by atoms with van der Waals surface area (Å²) in [6.07, 6.45) is 2.02. The topological polar surface area (TPSA) is 90.5 Å². The first-order valence-electron chi connectivity index (χ1n) is 8.99. The van der Waals surface area contributed by atoms with Gasteiger partial charge in [0.2, 0.25) is 10.0 Å². The second kappa shape index (κ2) is 7.16. The van der Waals surface area contributed by atoms with E-state index < -0.39 is 10.0 Å². The van der Waals surface area contributed by atoms with Crippen molar-refractivity contribution in [2.45, 2.75) is 25.0 Å². The Morgan fingerprint density at radius 2 is 2.04 bits per heavy atom. The number of nitrogens with one attached hydrogen (secondary N) is 3. The predicted octanol–water partition coefficient (Wildman–Crippen LogP) is 1.44. The molecule has 3 N–H and O–H groups in total. The van der Waals surface area contributed by atoms with Gasteiger partial charge in [-0.2, -0.15) is 0 Å². The number of hydrazine groups is 1. The fraction of sp³-hybridized carbons (Fsp3) is 0.316. The summed E-state index contributed by atoms with van der Waals surface area (Å²) in [5.41, 5.74) is 8.84. The van der Waals surface area contributed by atoms with Crippen molar-refractivity contribution in [3.05, 3.63) is 65.0 Å². The molecule has 2 aliphatic rings. The van der Waals surface area contributed by atoms with Crippen molar-refractivity contribution in [1.29, 1.82) is 0 Å². The summed E-state index contributed by atoms with van der Waals surface area (Å²) in [5, 5.41) is 2.90. The molecule has 0 aliphatic carbocycles. The highest BCUT2D eigenvalue weighted by atomic mass is 32.2. The van der Waals surface area contributed by atoms with E-state index in [1.807, 2.05) is 6.07 Å². The molecular formula is C19H21FN4O3S. The number of hydrogen-bond donors (Lipinski definition) is 3. The summed E-state index contributed by atoms with van der Waals surface area (Å²) in [5.74, 6) is -0.548. The molecule has 2 aromatic carbocycles. The average Bonchev–Trinajstić information content (AvgIpc) is 3.27. The lowest BCUT2D eigenvalue weighted by Crippen LogP contribution is -2.44. The molecule has 148 valence electrons. The van der Waals surface area contributed by atoms with E-state index in [-0.39, 0.29) is 23.9 Å². The maximum Gasteiger partial charge on any atom is 0.252 e. The van der Waals surface area contributed by atoms with Crippen LogP contribution in [0.4, 0.5) is 10.1 Å². The first-order valence-corrected chi connectivity index (χ1v) is 10.8. The van der Waals surface area contributed by atoms with Gasteiger partial charge in [0.1, 0.15) is 5.82 Å². The van der Waals surface area contributed by atoms with Gasteiger partial charge in [0.15, 0.2) is 0 Å². The Balaban J connectivity index is 1.42. The van der Waals surface area contributed by atoms with E-state index in [1.165, 1.54) is 22.7 Å². The number of fused-ring (bicyclic) bond motifs is 1. The summed E-state index contributed by atoms with van der Waals surface area (Å²) in [6.45, 7) is 0.392. The van der Waals surface area contributed by atoms with Crippen LogP contribution in [-0.4, -0.2) is 33.3 Å². The highest BCUT2D eigenvalue weighted by Crippen LogP contribution is 2.31. The maximum atomic E-state index is 13.4. The first kappa shape index (κ1) is 18.9. The Morgan fingerprint density at radius 3 is 2.79 bits per heavy atom. The van der Waals surface area contributed by atoms with Crippen LogP contribution in [-0.2, 0) is 16.4 Å². The van der Waals surface area contributed by atoms with E-state index >= 15 is 0 Å². The molecule has 2 unspecified atom stereocenters. The number of benzene rings is 2. The Morgan fingerprint density at radius 1 is 1.21 bits per heavy atom. The van der Waals surface area contributed by atoms with Gasteiger partial charge in [-0.1, -0.05) is 12.1 Å². The number of carbonyl (C=O) groups excluding carboxylic acids is 1. The molecule has 28 heavy (non-hydrogen) atoms. The Bertz CT molecular complexity index is 1030. The van der Waals surface area contributed by atoms with Gasteiger partial charge in [-0.3, -0.25) is 9.10 Å². The lowest BCUT2D eigenvalue weighted by Gasteiger charge is -2.17. The van der Waals surface area contributed by atoms with Crippen molar-refractivity contribution in [2.75, 3.05) is 17.1 Å².